The van der Waals surface area contributed by atoms with Gasteiger partial charge >= 0.3 is 0 Å². The second kappa shape index (κ2) is 4.18. The van der Waals surface area contributed by atoms with Crippen molar-refractivity contribution in [2.24, 2.45) is 0 Å². The Bertz CT molecular complexity index is 701. The van der Waals surface area contributed by atoms with Crippen LogP contribution in [-0.4, -0.2) is 4.57 Å². The van der Waals surface area contributed by atoms with E-state index in [4.69, 9.17) is 5.73 Å². The molecule has 0 spiro atoms. The lowest BCUT2D eigenvalue weighted by Gasteiger charge is -2.08. The lowest BCUT2D eigenvalue weighted by atomic mass is 10.1. The molecular weight excluding hydrogens is 227 g/mol. The first kappa shape index (κ1) is 10.8. The fourth-order valence-corrected chi connectivity index (χ4v) is 2.17. The second-order valence-electron chi connectivity index (χ2n) is 4.35. The van der Waals surface area contributed by atoms with Gasteiger partial charge in [0, 0.05) is 23.9 Å². The largest absolute Gasteiger partial charge is 0.398 e. The van der Waals surface area contributed by atoms with Crippen molar-refractivity contribution in [1.82, 2.24) is 4.57 Å². The fraction of sp³-hybridized carbons (Fsp3) is 0.0667. The molecule has 2 nitrogen and oxygen atoms in total. The summed E-state index contributed by atoms with van der Waals surface area (Å²) in [6.07, 6.45) is 2.00. The summed E-state index contributed by atoms with van der Waals surface area (Å²) in [6.45, 7) is 0.580. The molecule has 0 saturated carbocycles. The van der Waals surface area contributed by atoms with Crippen molar-refractivity contribution in [2.75, 3.05) is 5.73 Å². The number of benzene rings is 2. The number of fused-ring (bicyclic) bond motifs is 1. The van der Waals surface area contributed by atoms with Crippen LogP contribution in [0.4, 0.5) is 10.1 Å². The van der Waals surface area contributed by atoms with Crippen molar-refractivity contribution in [2.45, 2.75) is 6.54 Å². The molecule has 0 aliphatic carbocycles. The molecule has 2 aromatic carbocycles. The topological polar surface area (TPSA) is 30.9 Å². The van der Waals surface area contributed by atoms with Crippen molar-refractivity contribution < 1.29 is 4.39 Å². The molecule has 1 aromatic heterocycles. The minimum Gasteiger partial charge on any atom is -0.398 e. The van der Waals surface area contributed by atoms with E-state index in [0.29, 0.717) is 12.2 Å². The maximum Gasteiger partial charge on any atom is 0.123 e. The van der Waals surface area contributed by atoms with Gasteiger partial charge in [0.25, 0.3) is 0 Å². The Morgan fingerprint density at radius 2 is 1.89 bits per heavy atom. The highest BCUT2D eigenvalue weighted by atomic mass is 19.1. The van der Waals surface area contributed by atoms with Gasteiger partial charge in [-0.05, 0) is 41.3 Å². The number of rotatable bonds is 2. The molecule has 0 saturated heterocycles. The zero-order chi connectivity index (χ0) is 12.5. The first-order chi connectivity index (χ1) is 8.74. The number of para-hydroxylation sites is 1. The van der Waals surface area contributed by atoms with Crippen LogP contribution >= 0.6 is 0 Å². The van der Waals surface area contributed by atoms with E-state index in [2.05, 4.69) is 10.6 Å². The highest BCUT2D eigenvalue weighted by Gasteiger charge is 2.05. The normalized spacial score (nSPS) is 10.9. The maximum absolute atomic E-state index is 13.2. The van der Waals surface area contributed by atoms with Gasteiger partial charge in [-0.1, -0.05) is 18.2 Å². The number of nitrogens with two attached hydrogens (primary N) is 1. The standard InChI is InChI=1S/C15H13FN2/c16-13-5-6-14(17)12(9-13)10-18-8-7-11-3-1-2-4-15(11)18/h1-9H,10,17H2. The number of hydrogen-bond donors (Lipinski definition) is 1. The predicted molar refractivity (Wildman–Crippen MR) is 71.9 cm³/mol. The van der Waals surface area contributed by atoms with E-state index in [0.717, 1.165) is 11.1 Å². The van der Waals surface area contributed by atoms with Crippen molar-refractivity contribution in [3.8, 4) is 0 Å². The van der Waals surface area contributed by atoms with Gasteiger partial charge in [0.1, 0.15) is 5.82 Å². The molecule has 0 fully saturated rings. The van der Waals surface area contributed by atoms with Crippen LogP contribution in [0.2, 0.25) is 0 Å². The van der Waals surface area contributed by atoms with Crippen LogP contribution in [0.15, 0.2) is 54.7 Å². The molecule has 0 aliphatic heterocycles. The molecule has 0 amide bonds. The highest BCUT2D eigenvalue weighted by Crippen LogP contribution is 2.20. The monoisotopic (exact) mass is 240 g/mol. The SMILES string of the molecule is Nc1ccc(F)cc1Cn1ccc2ccccc21. The van der Waals surface area contributed by atoms with E-state index in [1.807, 2.05) is 30.5 Å². The van der Waals surface area contributed by atoms with Crippen LogP contribution in [0.25, 0.3) is 10.9 Å². The molecule has 3 heteroatoms. The summed E-state index contributed by atoms with van der Waals surface area (Å²) < 4.78 is 15.3. The van der Waals surface area contributed by atoms with E-state index < -0.39 is 0 Å². The Hall–Kier alpha value is -2.29. The summed E-state index contributed by atoms with van der Waals surface area (Å²) >= 11 is 0. The van der Waals surface area contributed by atoms with Crippen molar-refractivity contribution in [3.63, 3.8) is 0 Å². The Labute approximate surface area is 104 Å². The van der Waals surface area contributed by atoms with Gasteiger partial charge in [-0.2, -0.15) is 0 Å². The Kier molecular flexibility index (Phi) is 2.52. The molecule has 0 atom stereocenters. The van der Waals surface area contributed by atoms with Crippen LogP contribution in [0.3, 0.4) is 0 Å². The molecule has 1 heterocycles. The van der Waals surface area contributed by atoms with E-state index >= 15 is 0 Å². The third kappa shape index (κ3) is 1.84. The van der Waals surface area contributed by atoms with E-state index in [-0.39, 0.29) is 5.82 Å². The van der Waals surface area contributed by atoms with E-state index in [1.165, 1.54) is 17.5 Å². The van der Waals surface area contributed by atoms with Gasteiger partial charge < -0.3 is 10.3 Å². The van der Waals surface area contributed by atoms with Gasteiger partial charge in [-0.15, -0.1) is 0 Å². The van der Waals surface area contributed by atoms with Crippen LogP contribution in [-0.2, 0) is 6.54 Å². The Morgan fingerprint density at radius 1 is 1.06 bits per heavy atom. The molecule has 90 valence electrons. The summed E-state index contributed by atoms with van der Waals surface area (Å²) in [4.78, 5) is 0. The van der Waals surface area contributed by atoms with Gasteiger partial charge in [0.05, 0.1) is 0 Å². The van der Waals surface area contributed by atoms with E-state index in [9.17, 15) is 4.39 Å². The van der Waals surface area contributed by atoms with Crippen molar-refractivity contribution in [1.29, 1.82) is 0 Å². The van der Waals surface area contributed by atoms with Gasteiger partial charge in [0.2, 0.25) is 0 Å². The lowest BCUT2D eigenvalue weighted by Crippen LogP contribution is -2.02. The van der Waals surface area contributed by atoms with Gasteiger partial charge in [0.15, 0.2) is 0 Å². The molecule has 0 aliphatic rings. The molecule has 0 unspecified atom stereocenters. The number of aromatic nitrogens is 1. The first-order valence-corrected chi connectivity index (χ1v) is 5.82. The predicted octanol–water partition coefficient (Wildman–Crippen LogP) is 3.41. The van der Waals surface area contributed by atoms with Crippen molar-refractivity contribution >= 4 is 16.6 Å². The Morgan fingerprint density at radius 3 is 2.78 bits per heavy atom. The van der Waals surface area contributed by atoms with Crippen LogP contribution in [0.5, 0.6) is 0 Å². The summed E-state index contributed by atoms with van der Waals surface area (Å²) in [5.41, 5.74) is 8.42. The molecular formula is C15H13FN2. The number of nitrogen functional groups attached to an aromatic ring is 1. The fourth-order valence-electron chi connectivity index (χ4n) is 2.17. The molecule has 18 heavy (non-hydrogen) atoms. The summed E-state index contributed by atoms with van der Waals surface area (Å²) in [5, 5.41) is 1.17. The number of halogens is 1. The number of anilines is 1. The van der Waals surface area contributed by atoms with Gasteiger partial charge in [-0.25, -0.2) is 4.39 Å². The van der Waals surface area contributed by atoms with Crippen LogP contribution in [0, 0.1) is 5.82 Å². The minimum absolute atomic E-state index is 0.254. The van der Waals surface area contributed by atoms with Crippen LogP contribution in [0.1, 0.15) is 5.56 Å². The maximum atomic E-state index is 13.2. The average molecular weight is 240 g/mol. The molecule has 3 rings (SSSR count). The van der Waals surface area contributed by atoms with Crippen molar-refractivity contribution in [3.05, 3.63) is 66.1 Å². The number of hydrogen-bond acceptors (Lipinski definition) is 1. The van der Waals surface area contributed by atoms with Gasteiger partial charge in [-0.3, -0.25) is 0 Å². The quantitative estimate of drug-likeness (QED) is 0.684. The third-order valence-corrected chi connectivity index (χ3v) is 3.13. The zero-order valence-corrected chi connectivity index (χ0v) is 9.81. The molecule has 0 radical (unpaired) electrons. The summed E-state index contributed by atoms with van der Waals surface area (Å²) in [6, 6.07) is 14.6. The Balaban J connectivity index is 2.04. The summed E-state index contributed by atoms with van der Waals surface area (Å²) in [7, 11) is 0. The average Bonchev–Trinajstić information content (AvgIpc) is 2.78. The van der Waals surface area contributed by atoms with E-state index in [1.54, 1.807) is 6.07 Å². The minimum atomic E-state index is -0.254. The lowest BCUT2D eigenvalue weighted by molar-refractivity contribution is 0.624. The molecule has 3 aromatic rings. The van der Waals surface area contributed by atoms with Crippen LogP contribution < -0.4 is 5.73 Å². The third-order valence-electron chi connectivity index (χ3n) is 3.13. The number of nitrogens with zero attached hydrogens (tertiary/aromatic N) is 1. The highest BCUT2D eigenvalue weighted by molar-refractivity contribution is 5.80. The molecule has 0 bridgehead atoms. The summed E-state index contributed by atoms with van der Waals surface area (Å²) in [5.74, 6) is -0.254. The zero-order valence-electron chi connectivity index (χ0n) is 9.81. The second-order valence-corrected chi connectivity index (χ2v) is 4.35. The smallest absolute Gasteiger partial charge is 0.123 e. The first-order valence-electron chi connectivity index (χ1n) is 5.82. The molecule has 2 N–H and O–H groups in total.